The van der Waals surface area contributed by atoms with E-state index < -0.39 is 108 Å². The van der Waals surface area contributed by atoms with Crippen molar-refractivity contribution in [1.29, 1.82) is 0 Å². The van der Waals surface area contributed by atoms with Gasteiger partial charge in [-0.15, -0.1) is 0 Å². The van der Waals surface area contributed by atoms with Gasteiger partial charge in [0.05, 0.1) is 49.2 Å². The Hall–Kier alpha value is -4.00. The van der Waals surface area contributed by atoms with Crippen LogP contribution in [0.5, 0.6) is 17.2 Å². The summed E-state index contributed by atoms with van der Waals surface area (Å²) in [7, 11) is 2.74. The van der Waals surface area contributed by atoms with Crippen molar-refractivity contribution in [2.24, 2.45) is 0 Å². The number of aliphatic hydroxyl groups is 3. The predicted octanol–water partition coefficient (Wildman–Crippen LogP) is 0.549. The summed E-state index contributed by atoms with van der Waals surface area (Å²) in [5.74, 6) is -4.50. The minimum atomic E-state index is -2.33. The number of carbonyl (C=O) groups is 4. The average Bonchev–Trinajstić information content (AvgIpc) is 3.12. The third-order valence-corrected chi connectivity index (χ3v) is 10.1. The van der Waals surface area contributed by atoms with Crippen molar-refractivity contribution in [2.45, 2.75) is 87.9 Å². The van der Waals surface area contributed by atoms with Crippen LogP contribution in [-0.4, -0.2) is 124 Å². The molecule has 0 spiro atoms. The number of rotatable bonds is 10. The number of hydrogen-bond donors (Lipinski definition) is 6. The summed E-state index contributed by atoms with van der Waals surface area (Å²) in [6, 6.07) is 3.42. The summed E-state index contributed by atoms with van der Waals surface area (Å²) in [4.78, 5) is 59.0. The second kappa shape index (κ2) is 14.6. The summed E-state index contributed by atoms with van der Waals surface area (Å²) in [6.45, 7) is 0.817. The molecule has 4 aliphatic rings. The molecule has 0 aromatic heterocycles. The fourth-order valence-corrected chi connectivity index (χ4v) is 7.49. The maximum atomic E-state index is 13.9. The Kier molecular flexibility index (Phi) is 10.5. The first-order valence-corrected chi connectivity index (χ1v) is 16.8. The minimum absolute atomic E-state index is 0.0694. The highest BCUT2D eigenvalue weighted by atomic mass is 16.7. The highest BCUT2D eigenvalue weighted by Crippen LogP contribution is 2.52. The lowest BCUT2D eigenvalue weighted by Gasteiger charge is -2.43. The van der Waals surface area contributed by atoms with Gasteiger partial charge in [0.25, 0.3) is 0 Å². The second-order valence-corrected chi connectivity index (χ2v) is 13.2. The molecule has 6 rings (SSSR count). The zero-order valence-electron chi connectivity index (χ0n) is 28.4. The number of fused-ring (bicyclic) bond motifs is 3. The predicted molar refractivity (Wildman–Crippen MR) is 173 cm³/mol. The molecule has 276 valence electrons. The molecule has 51 heavy (non-hydrogen) atoms. The van der Waals surface area contributed by atoms with E-state index in [-0.39, 0.29) is 41.0 Å². The van der Waals surface area contributed by atoms with Crippen LogP contribution in [0.2, 0.25) is 0 Å². The molecule has 6 N–H and O–H groups in total. The van der Waals surface area contributed by atoms with E-state index in [1.54, 1.807) is 6.92 Å². The van der Waals surface area contributed by atoms with Crippen molar-refractivity contribution >= 4 is 23.3 Å². The van der Waals surface area contributed by atoms with Crippen LogP contribution in [-0.2, 0) is 35.1 Å². The van der Waals surface area contributed by atoms with Crippen molar-refractivity contribution < 1.29 is 68.5 Å². The molecule has 2 aromatic carbocycles. The SMILES string of the molecule is COc1cccc2c1C(=O)c1c(O)c3c(c(O)c1C2=O)C[C@@](O)(C(=O)CO)C[C@@H]3O[C@H]1C[C@@H](NC(=O)CN(OC)[C@H]2CCCCO2)[C@H](O)C(C)O1. The lowest BCUT2D eigenvalue weighted by Crippen LogP contribution is -2.57. The van der Waals surface area contributed by atoms with Gasteiger partial charge in [0.15, 0.2) is 17.9 Å². The summed E-state index contributed by atoms with van der Waals surface area (Å²) < 4.78 is 23.2. The lowest BCUT2D eigenvalue weighted by molar-refractivity contribution is -0.252. The lowest BCUT2D eigenvalue weighted by atomic mass is 9.72. The quantitative estimate of drug-likeness (QED) is 0.124. The van der Waals surface area contributed by atoms with Gasteiger partial charge in [-0.3, -0.25) is 24.0 Å². The minimum Gasteiger partial charge on any atom is -0.507 e. The summed E-state index contributed by atoms with van der Waals surface area (Å²) >= 11 is 0. The van der Waals surface area contributed by atoms with Crippen LogP contribution >= 0.6 is 0 Å². The van der Waals surface area contributed by atoms with Gasteiger partial charge in [0, 0.05) is 42.6 Å². The molecule has 2 fully saturated rings. The number of hydrogen-bond acceptors (Lipinski definition) is 15. The van der Waals surface area contributed by atoms with Crippen molar-refractivity contribution in [3.8, 4) is 17.2 Å². The Morgan fingerprint density at radius 1 is 1.08 bits per heavy atom. The molecule has 7 atom stereocenters. The Balaban J connectivity index is 1.32. The van der Waals surface area contributed by atoms with Gasteiger partial charge in [-0.05, 0) is 32.3 Å². The van der Waals surface area contributed by atoms with Crippen LogP contribution in [0.1, 0.15) is 88.1 Å². The van der Waals surface area contributed by atoms with E-state index in [9.17, 15) is 44.7 Å². The number of benzene rings is 2. The molecule has 16 nitrogen and oxygen atoms in total. The zero-order chi connectivity index (χ0) is 36.8. The van der Waals surface area contributed by atoms with Gasteiger partial charge in [-0.1, -0.05) is 12.1 Å². The van der Waals surface area contributed by atoms with Crippen molar-refractivity contribution in [3.05, 3.63) is 51.6 Å². The Bertz CT molecular complexity index is 1720. The van der Waals surface area contributed by atoms with E-state index in [0.717, 1.165) is 12.8 Å². The highest BCUT2D eigenvalue weighted by molar-refractivity contribution is 6.31. The normalized spacial score (nSPS) is 28.8. The molecule has 1 unspecified atom stereocenters. The zero-order valence-corrected chi connectivity index (χ0v) is 28.4. The van der Waals surface area contributed by atoms with Gasteiger partial charge < -0.3 is 49.8 Å². The Morgan fingerprint density at radius 3 is 2.49 bits per heavy atom. The van der Waals surface area contributed by atoms with Crippen LogP contribution in [0.4, 0.5) is 0 Å². The smallest absolute Gasteiger partial charge is 0.237 e. The summed E-state index contributed by atoms with van der Waals surface area (Å²) in [5, 5.41) is 59.7. The number of phenols is 2. The first-order chi connectivity index (χ1) is 24.3. The first kappa shape index (κ1) is 36.8. The topological polar surface area (TPSA) is 231 Å². The number of hydroxylamine groups is 2. The van der Waals surface area contributed by atoms with E-state index in [4.69, 9.17) is 23.8 Å². The third kappa shape index (κ3) is 6.62. The number of nitrogens with zero attached hydrogens (tertiary/aromatic N) is 1. The van der Waals surface area contributed by atoms with E-state index in [0.29, 0.717) is 13.0 Å². The number of ketones is 3. The first-order valence-electron chi connectivity index (χ1n) is 16.8. The van der Waals surface area contributed by atoms with E-state index >= 15 is 0 Å². The van der Waals surface area contributed by atoms with Gasteiger partial charge in [0.2, 0.25) is 11.7 Å². The van der Waals surface area contributed by atoms with Crippen LogP contribution in [0.3, 0.4) is 0 Å². The summed E-state index contributed by atoms with van der Waals surface area (Å²) in [6.07, 6.45) is -4.00. The fraction of sp³-hybridized carbons (Fsp3) is 0.543. The number of methoxy groups -OCH3 is 1. The molecule has 0 bridgehead atoms. The molecule has 2 aliphatic heterocycles. The number of aliphatic hydroxyl groups excluding tert-OH is 2. The molecule has 16 heteroatoms. The number of carbonyl (C=O) groups excluding carboxylic acids is 4. The number of aromatic hydroxyl groups is 2. The average molecular weight is 715 g/mol. The molecular formula is C35H42N2O14. The second-order valence-electron chi connectivity index (χ2n) is 13.2. The van der Waals surface area contributed by atoms with Crippen molar-refractivity contribution in [2.75, 3.05) is 34.0 Å². The standard InChI is InChI=1S/C35H42N2O14/c1-16-30(41)19(36-23(40)14-37(48-3)24-9-4-5-10-49-24)11-25(50-16)51-21-13-35(46,22(39)15-38)12-18-27(21)34(45)29-28(32(18)43)31(42)17-7-6-8-20(47-2)26(17)33(29)44/h6-8,16,19,21,24-25,30,38,41,43,45-46H,4-5,9-15H2,1-3H3,(H,36,40)/t16?,19-,21+,24-,25+,30-,35+/m1/s1. The van der Waals surface area contributed by atoms with Gasteiger partial charge in [0.1, 0.15) is 48.3 Å². The van der Waals surface area contributed by atoms with Crippen LogP contribution in [0.25, 0.3) is 0 Å². The highest BCUT2D eigenvalue weighted by Gasteiger charge is 2.50. The van der Waals surface area contributed by atoms with E-state index in [2.05, 4.69) is 5.32 Å². The molecule has 0 saturated carbocycles. The van der Waals surface area contributed by atoms with Gasteiger partial charge >= 0.3 is 0 Å². The van der Waals surface area contributed by atoms with E-state index in [1.165, 1.54) is 37.5 Å². The molecule has 0 radical (unpaired) electrons. The molecule has 2 aliphatic carbocycles. The summed E-state index contributed by atoms with van der Waals surface area (Å²) in [5.41, 5.74) is -3.97. The molecule has 2 saturated heterocycles. The maximum absolute atomic E-state index is 13.9. The Morgan fingerprint density at radius 2 is 1.82 bits per heavy atom. The van der Waals surface area contributed by atoms with Crippen LogP contribution in [0.15, 0.2) is 18.2 Å². The van der Waals surface area contributed by atoms with Crippen LogP contribution in [0, 0.1) is 0 Å². The van der Waals surface area contributed by atoms with E-state index in [1.807, 2.05) is 0 Å². The third-order valence-electron chi connectivity index (χ3n) is 10.1. The number of nitrogens with one attached hydrogen (secondary N) is 1. The van der Waals surface area contributed by atoms with Gasteiger partial charge in [-0.2, -0.15) is 5.06 Å². The molecule has 2 heterocycles. The van der Waals surface area contributed by atoms with Crippen molar-refractivity contribution in [3.63, 3.8) is 0 Å². The largest absolute Gasteiger partial charge is 0.507 e. The molecular weight excluding hydrogens is 672 g/mol. The monoisotopic (exact) mass is 714 g/mol. The molecule has 1 amide bonds. The van der Waals surface area contributed by atoms with Crippen LogP contribution < -0.4 is 10.1 Å². The number of phenolic OH excluding ortho intramolecular Hbond substituents is 2. The van der Waals surface area contributed by atoms with Gasteiger partial charge in [-0.25, -0.2) is 0 Å². The van der Waals surface area contributed by atoms with Crippen molar-refractivity contribution in [1.82, 2.24) is 10.4 Å². The maximum Gasteiger partial charge on any atom is 0.237 e. The number of Topliss-reactive ketones (excluding diaryl/α,β-unsaturated/α-hetero) is 1. The molecule has 2 aromatic rings. The number of amides is 1. The fourth-order valence-electron chi connectivity index (χ4n) is 7.49. The number of ether oxygens (including phenoxy) is 4. The Labute approximate surface area is 292 Å².